The summed E-state index contributed by atoms with van der Waals surface area (Å²) in [6, 6.07) is 0.147. The van der Waals surface area contributed by atoms with Crippen LogP contribution in [0.2, 0.25) is 0 Å². The average Bonchev–Trinajstić information content (AvgIpc) is 3.05. The molecule has 8 nitrogen and oxygen atoms in total. The number of nitrogens with zero attached hydrogens (tertiary/aromatic N) is 2. The lowest BCUT2D eigenvalue weighted by molar-refractivity contribution is -0.554. The zero-order valence-electron chi connectivity index (χ0n) is 19.8. The SMILES string of the molecule is CCCC(C(=O)[NH2+]CC(=O)NC(C)C1=NCN=C=C1)=C(C=[NH2+])NC1CC2CC3CC(C2)C1C3. The number of nitrogens with two attached hydrogens (primary N) is 2. The Morgan fingerprint density at radius 3 is 2.76 bits per heavy atom. The Morgan fingerprint density at radius 1 is 1.27 bits per heavy atom. The van der Waals surface area contributed by atoms with Gasteiger partial charge in [0.05, 0.1) is 17.3 Å². The Morgan fingerprint density at radius 2 is 2.06 bits per heavy atom. The van der Waals surface area contributed by atoms with Gasteiger partial charge in [0.1, 0.15) is 12.4 Å². The molecule has 3 bridgehead atoms. The fourth-order valence-electron chi connectivity index (χ4n) is 6.46. The number of primary amides is 1. The summed E-state index contributed by atoms with van der Waals surface area (Å²) in [6.45, 7) is 4.27. The van der Waals surface area contributed by atoms with E-state index in [9.17, 15) is 9.59 Å². The normalized spacial score (nSPS) is 31.0. The van der Waals surface area contributed by atoms with Crippen LogP contribution in [0.4, 0.5) is 0 Å². The topological polar surface area (TPSA) is 125 Å². The van der Waals surface area contributed by atoms with Gasteiger partial charge in [-0.1, -0.05) is 13.3 Å². The van der Waals surface area contributed by atoms with Crippen LogP contribution < -0.4 is 21.4 Å². The van der Waals surface area contributed by atoms with Gasteiger partial charge in [0.2, 0.25) is 0 Å². The Kier molecular flexibility index (Phi) is 7.56. The fraction of sp³-hybridized carbons (Fsp3) is 0.680. The first kappa shape index (κ1) is 23.6. The van der Waals surface area contributed by atoms with Crippen LogP contribution in [-0.2, 0) is 9.59 Å². The van der Waals surface area contributed by atoms with Crippen molar-refractivity contribution in [3.8, 4) is 0 Å². The van der Waals surface area contributed by atoms with E-state index in [-0.39, 0.29) is 24.4 Å². The molecule has 3 saturated carbocycles. The Bertz CT molecular complexity index is 914. The largest absolute Gasteiger partial charge is 0.377 e. The number of rotatable bonds is 10. The van der Waals surface area contributed by atoms with Crippen molar-refractivity contribution >= 4 is 29.6 Å². The maximum atomic E-state index is 13.1. The van der Waals surface area contributed by atoms with Gasteiger partial charge < -0.3 is 10.6 Å². The summed E-state index contributed by atoms with van der Waals surface area (Å²) in [4.78, 5) is 33.7. The molecule has 0 aromatic heterocycles. The highest BCUT2D eigenvalue weighted by molar-refractivity contribution is 6.06. The molecule has 3 fully saturated rings. The van der Waals surface area contributed by atoms with Crippen LogP contribution in [0.1, 0.15) is 58.8 Å². The van der Waals surface area contributed by atoms with Crippen LogP contribution in [-0.4, -0.2) is 54.9 Å². The van der Waals surface area contributed by atoms with Crippen LogP contribution in [0.15, 0.2) is 27.3 Å². The fourth-order valence-corrected chi connectivity index (χ4v) is 6.46. The second-order valence-electron chi connectivity index (χ2n) is 10.1. The predicted molar refractivity (Wildman–Crippen MR) is 128 cm³/mol. The molecule has 0 aromatic carbocycles. The summed E-state index contributed by atoms with van der Waals surface area (Å²) in [6.07, 6.45) is 11.3. The molecule has 3 aliphatic carbocycles. The summed E-state index contributed by atoms with van der Waals surface area (Å²) in [5.74, 6) is 5.67. The molecule has 178 valence electrons. The van der Waals surface area contributed by atoms with Gasteiger partial charge in [0.15, 0.2) is 12.8 Å². The number of hydrogen-bond donors (Lipinski definition) is 4. The molecule has 33 heavy (non-hydrogen) atoms. The second kappa shape index (κ2) is 10.6. The molecule has 0 spiro atoms. The van der Waals surface area contributed by atoms with Gasteiger partial charge in [-0.2, -0.15) is 0 Å². The van der Waals surface area contributed by atoms with E-state index >= 15 is 0 Å². The minimum absolute atomic E-state index is 0.0250. The van der Waals surface area contributed by atoms with E-state index in [1.807, 2.05) is 6.92 Å². The van der Waals surface area contributed by atoms with E-state index in [0.29, 0.717) is 30.6 Å². The van der Waals surface area contributed by atoms with Crippen molar-refractivity contribution in [2.24, 2.45) is 33.7 Å². The van der Waals surface area contributed by atoms with Crippen LogP contribution in [0.25, 0.3) is 0 Å². The number of nitrogens with one attached hydrogen (secondary N) is 2. The maximum Gasteiger partial charge on any atom is 0.341 e. The first-order valence-electron chi connectivity index (χ1n) is 12.5. The van der Waals surface area contributed by atoms with Crippen molar-refractivity contribution in [3.05, 3.63) is 17.3 Å². The van der Waals surface area contributed by atoms with Gasteiger partial charge >= 0.3 is 5.91 Å². The third kappa shape index (κ3) is 5.50. The number of aliphatic imine (C=N–C) groups is 2. The molecule has 4 rings (SSSR count). The predicted octanol–water partition coefficient (Wildman–Crippen LogP) is -0.482. The number of amides is 2. The minimum atomic E-state index is -0.249. The van der Waals surface area contributed by atoms with Crippen LogP contribution in [0, 0.1) is 23.7 Å². The van der Waals surface area contributed by atoms with Crippen molar-refractivity contribution < 1.29 is 20.3 Å². The van der Waals surface area contributed by atoms with E-state index < -0.39 is 0 Å². The Labute approximate surface area is 196 Å². The van der Waals surface area contributed by atoms with E-state index in [1.165, 1.54) is 37.4 Å². The summed E-state index contributed by atoms with van der Waals surface area (Å²) >= 11 is 0. The Hall–Kier alpha value is -2.57. The lowest BCUT2D eigenvalue weighted by atomic mass is 9.70. The summed E-state index contributed by atoms with van der Waals surface area (Å²) in [5.41, 5.74) is 2.17. The van der Waals surface area contributed by atoms with E-state index in [4.69, 9.17) is 5.41 Å². The van der Waals surface area contributed by atoms with Gasteiger partial charge in [0.25, 0.3) is 5.91 Å². The van der Waals surface area contributed by atoms with Gasteiger partial charge in [-0.15, -0.1) is 0 Å². The van der Waals surface area contributed by atoms with Crippen molar-refractivity contribution in [1.29, 1.82) is 0 Å². The summed E-state index contributed by atoms with van der Waals surface area (Å²) in [5, 5.41) is 14.1. The first-order chi connectivity index (χ1) is 16.0. The molecule has 2 amide bonds. The minimum Gasteiger partial charge on any atom is -0.377 e. The van der Waals surface area contributed by atoms with Crippen molar-refractivity contribution in [3.63, 3.8) is 0 Å². The first-order valence-corrected chi connectivity index (χ1v) is 12.5. The molecule has 6 unspecified atom stereocenters. The van der Waals surface area contributed by atoms with Gasteiger partial charge in [-0.25, -0.2) is 9.79 Å². The molecule has 4 aliphatic rings. The van der Waals surface area contributed by atoms with E-state index in [0.717, 1.165) is 35.6 Å². The molecule has 8 heteroatoms. The summed E-state index contributed by atoms with van der Waals surface area (Å²) in [7, 11) is 0. The molecule has 6 atom stereocenters. The highest BCUT2D eigenvalue weighted by Crippen LogP contribution is 2.55. The van der Waals surface area contributed by atoms with Crippen molar-refractivity contribution in [2.75, 3.05) is 13.2 Å². The zero-order valence-corrected chi connectivity index (χ0v) is 19.8. The zero-order chi connectivity index (χ0) is 23.4. The number of carbonyl (C=O) groups excluding carboxylic acids is 2. The summed E-state index contributed by atoms with van der Waals surface area (Å²) < 4.78 is 0. The number of allylic oxidation sites excluding steroid dienone is 1. The van der Waals surface area contributed by atoms with E-state index in [1.54, 1.807) is 12.3 Å². The molecule has 6 N–H and O–H groups in total. The lowest BCUT2D eigenvalue weighted by Crippen LogP contribution is -2.90. The third-order valence-electron chi connectivity index (χ3n) is 7.81. The molecule has 1 aliphatic heterocycles. The van der Waals surface area contributed by atoms with Crippen LogP contribution in [0.3, 0.4) is 0 Å². The quantitative estimate of drug-likeness (QED) is 0.263. The standard InChI is InChI=1S/C25H36N6O2/c1-3-4-19(25(33)28-13-24(32)30-15(2)21-5-6-27-14-29-21)23(12-26)31-22-11-17-7-16-8-18(9-17)20(22)10-16/h5,12,15-18,20,22,26,31H,3-4,7-11,13-14H2,1-2H3,(H,28,33)(H,30,32)/p+2. The number of quaternary nitrogens is 1. The van der Waals surface area contributed by atoms with Crippen LogP contribution in [0.5, 0.6) is 0 Å². The third-order valence-corrected chi connectivity index (χ3v) is 7.81. The number of fused-ring (bicyclic) bond motifs is 2. The van der Waals surface area contributed by atoms with Gasteiger partial charge in [-0.3, -0.25) is 20.5 Å². The smallest absolute Gasteiger partial charge is 0.341 e. The molecule has 0 radical (unpaired) electrons. The maximum absolute atomic E-state index is 13.1. The second-order valence-corrected chi connectivity index (χ2v) is 10.1. The molecular weight excluding hydrogens is 416 g/mol. The van der Waals surface area contributed by atoms with Crippen LogP contribution >= 0.6 is 0 Å². The highest BCUT2D eigenvalue weighted by atomic mass is 16.2. The van der Waals surface area contributed by atoms with Crippen molar-refractivity contribution in [1.82, 2.24) is 10.6 Å². The Balaban J connectivity index is 1.37. The monoisotopic (exact) mass is 454 g/mol. The average molecular weight is 455 g/mol. The van der Waals surface area contributed by atoms with Crippen molar-refractivity contribution in [2.45, 2.75) is 70.9 Å². The van der Waals surface area contributed by atoms with Gasteiger partial charge in [0, 0.05) is 12.1 Å². The molecule has 0 saturated heterocycles. The highest BCUT2D eigenvalue weighted by Gasteiger charge is 2.49. The number of hydrogen-bond acceptors (Lipinski definition) is 5. The van der Waals surface area contributed by atoms with E-state index in [2.05, 4.69) is 33.4 Å². The lowest BCUT2D eigenvalue weighted by Gasteiger charge is -2.40. The molecule has 0 aromatic rings. The van der Waals surface area contributed by atoms with Gasteiger partial charge in [-0.05, 0) is 75.0 Å². The molecule has 1 heterocycles. The molecular formula is C25H38N6O2+2. The number of carbonyl (C=O) groups is 2.